The number of nitrogens with one attached hydrogen (secondary N) is 1. The summed E-state index contributed by atoms with van der Waals surface area (Å²) in [5, 5.41) is 7.43. The van der Waals surface area contributed by atoms with Gasteiger partial charge in [0.1, 0.15) is 11.3 Å². The van der Waals surface area contributed by atoms with Crippen LogP contribution < -0.4 is 10.9 Å². The molecule has 0 saturated carbocycles. The van der Waals surface area contributed by atoms with Crippen molar-refractivity contribution in [1.29, 1.82) is 0 Å². The number of nitrogens with zero attached hydrogens (tertiary/aromatic N) is 4. The van der Waals surface area contributed by atoms with Crippen molar-refractivity contribution in [3.63, 3.8) is 0 Å². The number of fused-ring (bicyclic) bond motifs is 3. The topological polar surface area (TPSA) is 84.8 Å². The van der Waals surface area contributed by atoms with Crippen LogP contribution in [0.5, 0.6) is 0 Å². The lowest BCUT2D eigenvalue weighted by atomic mass is 10.0. The summed E-state index contributed by atoms with van der Waals surface area (Å²) in [6, 6.07) is 4.24. The van der Waals surface area contributed by atoms with Crippen molar-refractivity contribution in [2.75, 3.05) is 19.6 Å². The number of hydrogen-bond donors (Lipinski definition) is 1. The van der Waals surface area contributed by atoms with Crippen LogP contribution in [-0.2, 0) is 11.3 Å². The molecule has 1 unspecified atom stereocenters. The van der Waals surface area contributed by atoms with Gasteiger partial charge < -0.3 is 14.6 Å². The van der Waals surface area contributed by atoms with Crippen molar-refractivity contribution >= 4 is 22.5 Å². The fourth-order valence-electron chi connectivity index (χ4n) is 4.46. The fourth-order valence-corrected chi connectivity index (χ4v) is 4.46. The molecule has 0 radical (unpaired) electrons. The highest BCUT2D eigenvalue weighted by atomic mass is 16.3. The molecule has 30 heavy (non-hydrogen) atoms. The van der Waals surface area contributed by atoms with Crippen molar-refractivity contribution in [3.8, 4) is 0 Å². The molecule has 1 amide bonds. The van der Waals surface area contributed by atoms with E-state index in [1.165, 1.54) is 30.5 Å². The van der Waals surface area contributed by atoms with Crippen LogP contribution in [-0.4, -0.2) is 50.7 Å². The zero-order valence-electron chi connectivity index (χ0n) is 17.9. The number of likely N-dealkylation sites (tertiary alicyclic amines) is 1. The van der Waals surface area contributed by atoms with E-state index in [-0.39, 0.29) is 11.5 Å². The van der Waals surface area contributed by atoms with Gasteiger partial charge in [0.25, 0.3) is 5.56 Å². The smallest absolute Gasteiger partial charge is 0.291 e. The van der Waals surface area contributed by atoms with Crippen LogP contribution in [0.4, 0.5) is 0 Å². The van der Waals surface area contributed by atoms with E-state index >= 15 is 0 Å². The number of aromatic nitrogens is 3. The van der Waals surface area contributed by atoms with Gasteiger partial charge in [-0.1, -0.05) is 6.42 Å². The second-order valence-corrected chi connectivity index (χ2v) is 8.30. The number of amides is 1. The van der Waals surface area contributed by atoms with E-state index in [9.17, 15) is 9.59 Å². The summed E-state index contributed by atoms with van der Waals surface area (Å²) in [7, 11) is 0. The van der Waals surface area contributed by atoms with Gasteiger partial charge in [0, 0.05) is 44.2 Å². The van der Waals surface area contributed by atoms with Gasteiger partial charge in [0.05, 0.1) is 11.8 Å². The Kier molecular flexibility index (Phi) is 6.22. The molecule has 162 valence electrons. The number of aryl methyl sites for hydroxylation is 2. The molecule has 1 aliphatic rings. The minimum absolute atomic E-state index is 0.0349. The number of hydrogen-bond acceptors (Lipinski definition) is 5. The average Bonchev–Trinajstić information content (AvgIpc) is 3.31. The lowest BCUT2D eigenvalue weighted by molar-refractivity contribution is -0.121. The molecule has 0 aromatic carbocycles. The predicted molar refractivity (Wildman–Crippen MR) is 116 cm³/mol. The number of furan rings is 1. The Morgan fingerprint density at radius 2 is 2.13 bits per heavy atom. The Hall–Kier alpha value is -2.61. The normalized spacial score (nSPS) is 17.7. The van der Waals surface area contributed by atoms with Crippen molar-refractivity contribution in [2.24, 2.45) is 0 Å². The lowest BCUT2D eigenvalue weighted by Gasteiger charge is -2.33. The summed E-state index contributed by atoms with van der Waals surface area (Å²) in [5.41, 5.74) is 1.90. The van der Waals surface area contributed by atoms with E-state index in [1.807, 2.05) is 17.4 Å². The molecule has 1 N–H and O–H groups in total. The van der Waals surface area contributed by atoms with Crippen LogP contribution in [0.15, 0.2) is 27.6 Å². The van der Waals surface area contributed by atoms with Crippen LogP contribution >= 0.6 is 0 Å². The molecule has 1 fully saturated rings. The first-order valence-electron chi connectivity index (χ1n) is 11.0. The van der Waals surface area contributed by atoms with Crippen LogP contribution in [0.3, 0.4) is 0 Å². The highest BCUT2D eigenvalue weighted by Crippen LogP contribution is 2.20. The molecule has 8 nitrogen and oxygen atoms in total. The molecule has 3 aromatic rings. The Bertz CT molecular complexity index is 1080. The van der Waals surface area contributed by atoms with Crippen molar-refractivity contribution in [1.82, 2.24) is 24.4 Å². The first-order chi connectivity index (χ1) is 14.5. The Morgan fingerprint density at radius 1 is 1.27 bits per heavy atom. The van der Waals surface area contributed by atoms with Gasteiger partial charge in [-0.15, -0.1) is 0 Å². The number of piperidine rings is 1. The minimum atomic E-state index is -0.164. The highest BCUT2D eigenvalue weighted by molar-refractivity contribution is 5.82. The predicted octanol–water partition coefficient (Wildman–Crippen LogP) is 2.71. The zero-order chi connectivity index (χ0) is 21.1. The number of rotatable bonds is 8. The first-order valence-corrected chi connectivity index (χ1v) is 11.0. The Labute approximate surface area is 175 Å². The number of carbonyl (C=O) groups is 1. The summed E-state index contributed by atoms with van der Waals surface area (Å²) in [5.74, 6) is 0.755. The van der Waals surface area contributed by atoms with Gasteiger partial charge in [-0.25, -0.2) is 4.68 Å². The maximum Gasteiger partial charge on any atom is 0.291 e. The fraction of sp³-hybridized carbons (Fsp3) is 0.591. The third-order valence-electron chi connectivity index (χ3n) is 6.12. The summed E-state index contributed by atoms with van der Waals surface area (Å²) in [6.07, 6.45) is 7.44. The summed E-state index contributed by atoms with van der Waals surface area (Å²) >= 11 is 0. The highest BCUT2D eigenvalue weighted by Gasteiger charge is 2.17. The van der Waals surface area contributed by atoms with Crippen molar-refractivity contribution < 1.29 is 9.21 Å². The zero-order valence-corrected chi connectivity index (χ0v) is 17.9. The van der Waals surface area contributed by atoms with Gasteiger partial charge >= 0.3 is 0 Å². The Morgan fingerprint density at radius 3 is 2.97 bits per heavy atom. The van der Waals surface area contributed by atoms with E-state index in [4.69, 9.17) is 4.42 Å². The molecular formula is C22H31N5O3. The van der Waals surface area contributed by atoms with Gasteiger partial charge in [-0.2, -0.15) is 5.10 Å². The molecule has 4 rings (SSSR count). The molecule has 1 saturated heterocycles. The van der Waals surface area contributed by atoms with Crippen LogP contribution in [0.25, 0.3) is 16.6 Å². The molecule has 0 bridgehead atoms. The maximum absolute atomic E-state index is 12.7. The first kappa shape index (κ1) is 20.7. The Balaban J connectivity index is 1.25. The summed E-state index contributed by atoms with van der Waals surface area (Å²) < 4.78 is 8.67. The van der Waals surface area contributed by atoms with Gasteiger partial charge in [0.15, 0.2) is 5.58 Å². The summed E-state index contributed by atoms with van der Waals surface area (Å²) in [4.78, 5) is 27.4. The molecule has 4 heterocycles. The van der Waals surface area contributed by atoms with Crippen LogP contribution in [0.1, 0.15) is 51.3 Å². The van der Waals surface area contributed by atoms with Crippen LogP contribution in [0.2, 0.25) is 0 Å². The van der Waals surface area contributed by atoms with E-state index < -0.39 is 0 Å². The average molecular weight is 414 g/mol. The van der Waals surface area contributed by atoms with Gasteiger partial charge in [0.2, 0.25) is 5.91 Å². The van der Waals surface area contributed by atoms with E-state index in [2.05, 4.69) is 22.2 Å². The third-order valence-corrected chi connectivity index (χ3v) is 6.12. The van der Waals surface area contributed by atoms with E-state index in [1.54, 1.807) is 12.3 Å². The van der Waals surface area contributed by atoms with E-state index in [0.717, 1.165) is 24.3 Å². The van der Waals surface area contributed by atoms with E-state index in [0.29, 0.717) is 43.1 Å². The second kappa shape index (κ2) is 9.04. The maximum atomic E-state index is 12.7. The molecule has 0 aliphatic carbocycles. The van der Waals surface area contributed by atoms with Crippen LogP contribution in [0, 0.1) is 6.92 Å². The molecular weight excluding hydrogens is 382 g/mol. The second-order valence-electron chi connectivity index (χ2n) is 8.30. The van der Waals surface area contributed by atoms with Crippen molar-refractivity contribution in [2.45, 2.75) is 65.0 Å². The minimum Gasteiger partial charge on any atom is -0.463 e. The lowest BCUT2D eigenvalue weighted by Crippen LogP contribution is -2.39. The molecule has 1 aliphatic heterocycles. The van der Waals surface area contributed by atoms with Crippen molar-refractivity contribution in [3.05, 3.63) is 34.6 Å². The largest absolute Gasteiger partial charge is 0.463 e. The van der Waals surface area contributed by atoms with Gasteiger partial charge in [-0.3, -0.25) is 14.0 Å². The third kappa shape index (κ3) is 4.28. The molecule has 8 heteroatoms. The monoisotopic (exact) mass is 413 g/mol. The molecule has 3 aromatic heterocycles. The quantitative estimate of drug-likeness (QED) is 0.574. The SMILES string of the molecule is Cc1nn(CCCC(=O)NCCCN2CCCCC2C)c(=O)c2cc3occc3n12. The molecule has 1 atom stereocenters. The number of carbonyl (C=O) groups excluding carboxylic acids is 1. The molecule has 0 spiro atoms. The standard InChI is InChI=1S/C22H31N5O3/c1-16-7-3-4-11-25(16)12-6-10-23-21(28)8-5-13-26-22(29)19-15-20-18(9-14-30-20)27(19)17(2)24-26/h9,14-16H,3-8,10-13H2,1-2H3,(H,23,28). The van der Waals surface area contributed by atoms with Gasteiger partial charge in [-0.05, 0) is 46.1 Å². The summed E-state index contributed by atoms with van der Waals surface area (Å²) in [6.45, 7) is 7.49.